The van der Waals surface area contributed by atoms with Gasteiger partial charge in [0.1, 0.15) is 11.5 Å². The fraction of sp³-hybridized carbons (Fsp3) is 0.381. The minimum atomic E-state index is -0.205. The molecule has 0 saturated carbocycles. The number of hydrogen-bond donors (Lipinski definition) is 1. The number of rotatable bonds is 5. The minimum Gasteiger partial charge on any atom is -0.497 e. The highest BCUT2D eigenvalue weighted by Gasteiger charge is 2.17. The SMILES string of the molecule is COc1ccc(C(=O)Nc2ccc(N3CCC(C)CC3)cc2)c(OC)c1. The molecule has 0 radical (unpaired) electrons. The van der Waals surface area contributed by atoms with Crippen LogP contribution in [-0.4, -0.2) is 33.2 Å². The van der Waals surface area contributed by atoms with E-state index in [4.69, 9.17) is 9.47 Å². The number of hydrogen-bond acceptors (Lipinski definition) is 4. The summed E-state index contributed by atoms with van der Waals surface area (Å²) >= 11 is 0. The fourth-order valence-electron chi connectivity index (χ4n) is 3.21. The van der Waals surface area contributed by atoms with Crippen LogP contribution in [0.25, 0.3) is 0 Å². The lowest BCUT2D eigenvalue weighted by molar-refractivity contribution is 0.102. The van der Waals surface area contributed by atoms with Gasteiger partial charge in [-0.25, -0.2) is 0 Å². The van der Waals surface area contributed by atoms with Gasteiger partial charge in [-0.2, -0.15) is 0 Å². The predicted molar refractivity (Wildman–Crippen MR) is 105 cm³/mol. The number of carbonyl (C=O) groups excluding carboxylic acids is 1. The highest BCUT2D eigenvalue weighted by Crippen LogP contribution is 2.27. The second-order valence-electron chi connectivity index (χ2n) is 6.74. The van der Waals surface area contributed by atoms with Gasteiger partial charge in [-0.3, -0.25) is 4.79 Å². The van der Waals surface area contributed by atoms with E-state index in [-0.39, 0.29) is 5.91 Å². The molecule has 1 amide bonds. The monoisotopic (exact) mass is 354 g/mol. The van der Waals surface area contributed by atoms with Gasteiger partial charge >= 0.3 is 0 Å². The van der Waals surface area contributed by atoms with E-state index in [1.165, 1.54) is 18.5 Å². The van der Waals surface area contributed by atoms with E-state index in [9.17, 15) is 4.79 Å². The standard InChI is InChI=1S/C21H26N2O3/c1-15-10-12-23(13-11-15)17-6-4-16(5-7-17)22-21(24)19-9-8-18(25-2)14-20(19)26-3/h4-9,14-15H,10-13H2,1-3H3,(H,22,24). The van der Waals surface area contributed by atoms with Crippen LogP contribution >= 0.6 is 0 Å². The van der Waals surface area contributed by atoms with Crippen molar-refractivity contribution < 1.29 is 14.3 Å². The van der Waals surface area contributed by atoms with Crippen molar-refractivity contribution in [3.63, 3.8) is 0 Å². The molecule has 0 aromatic heterocycles. The zero-order valence-corrected chi connectivity index (χ0v) is 15.6. The first-order valence-electron chi connectivity index (χ1n) is 8.99. The van der Waals surface area contributed by atoms with Crippen LogP contribution in [0.2, 0.25) is 0 Å². The Hall–Kier alpha value is -2.69. The van der Waals surface area contributed by atoms with E-state index in [0.29, 0.717) is 17.1 Å². The minimum absolute atomic E-state index is 0.205. The van der Waals surface area contributed by atoms with Crippen molar-refractivity contribution in [3.8, 4) is 11.5 Å². The molecule has 1 saturated heterocycles. The summed E-state index contributed by atoms with van der Waals surface area (Å²) in [4.78, 5) is 15.0. The smallest absolute Gasteiger partial charge is 0.259 e. The number of benzene rings is 2. The number of ether oxygens (including phenoxy) is 2. The molecule has 26 heavy (non-hydrogen) atoms. The summed E-state index contributed by atoms with van der Waals surface area (Å²) in [6.45, 7) is 4.50. The quantitative estimate of drug-likeness (QED) is 0.875. The summed E-state index contributed by atoms with van der Waals surface area (Å²) in [5.74, 6) is 1.74. The van der Waals surface area contributed by atoms with Crippen molar-refractivity contribution in [1.82, 2.24) is 0 Å². The zero-order valence-electron chi connectivity index (χ0n) is 15.6. The molecule has 1 N–H and O–H groups in total. The maximum atomic E-state index is 12.6. The van der Waals surface area contributed by atoms with E-state index in [2.05, 4.69) is 29.3 Å². The molecule has 5 nitrogen and oxygen atoms in total. The van der Waals surface area contributed by atoms with E-state index in [1.54, 1.807) is 32.4 Å². The molecule has 0 spiro atoms. The molecule has 3 rings (SSSR count). The van der Waals surface area contributed by atoms with Crippen molar-refractivity contribution in [3.05, 3.63) is 48.0 Å². The van der Waals surface area contributed by atoms with E-state index >= 15 is 0 Å². The second-order valence-corrected chi connectivity index (χ2v) is 6.74. The van der Waals surface area contributed by atoms with Gasteiger partial charge in [0.25, 0.3) is 5.91 Å². The first-order valence-corrected chi connectivity index (χ1v) is 8.99. The number of anilines is 2. The summed E-state index contributed by atoms with van der Waals surface area (Å²) in [5, 5.41) is 2.93. The Kier molecular flexibility index (Phi) is 5.66. The first kappa shape index (κ1) is 18.1. The maximum Gasteiger partial charge on any atom is 0.259 e. The topological polar surface area (TPSA) is 50.8 Å². The van der Waals surface area contributed by atoms with Crippen LogP contribution in [0.5, 0.6) is 11.5 Å². The van der Waals surface area contributed by atoms with Crippen molar-refractivity contribution in [1.29, 1.82) is 0 Å². The van der Waals surface area contributed by atoms with Gasteiger partial charge in [-0.15, -0.1) is 0 Å². The normalized spacial score (nSPS) is 14.8. The van der Waals surface area contributed by atoms with Crippen LogP contribution in [0, 0.1) is 5.92 Å². The largest absolute Gasteiger partial charge is 0.497 e. The maximum absolute atomic E-state index is 12.6. The molecule has 0 unspecified atom stereocenters. The molecule has 0 aliphatic carbocycles. The number of nitrogens with one attached hydrogen (secondary N) is 1. The van der Waals surface area contributed by atoms with Crippen molar-refractivity contribution in [2.24, 2.45) is 5.92 Å². The Morgan fingerprint density at radius 3 is 2.35 bits per heavy atom. The van der Waals surface area contributed by atoms with Crippen LogP contribution in [0.1, 0.15) is 30.1 Å². The summed E-state index contributed by atoms with van der Waals surface area (Å²) < 4.78 is 10.5. The Morgan fingerprint density at radius 1 is 1.04 bits per heavy atom. The van der Waals surface area contributed by atoms with Gasteiger partial charge in [0, 0.05) is 30.5 Å². The van der Waals surface area contributed by atoms with Gasteiger partial charge in [0.2, 0.25) is 0 Å². The Bertz CT molecular complexity index is 750. The average Bonchev–Trinajstić information content (AvgIpc) is 2.68. The molecule has 1 fully saturated rings. The zero-order chi connectivity index (χ0) is 18.5. The summed E-state index contributed by atoms with van der Waals surface area (Å²) in [6.07, 6.45) is 2.46. The van der Waals surface area contributed by atoms with E-state index < -0.39 is 0 Å². The third kappa shape index (κ3) is 4.10. The average molecular weight is 354 g/mol. The number of carbonyl (C=O) groups is 1. The van der Waals surface area contributed by atoms with Crippen LogP contribution in [0.15, 0.2) is 42.5 Å². The van der Waals surface area contributed by atoms with Crippen molar-refractivity contribution in [2.45, 2.75) is 19.8 Å². The first-order chi connectivity index (χ1) is 12.6. The Morgan fingerprint density at radius 2 is 1.73 bits per heavy atom. The lowest BCUT2D eigenvalue weighted by Crippen LogP contribution is -2.32. The fourth-order valence-corrected chi connectivity index (χ4v) is 3.21. The molecule has 138 valence electrons. The summed E-state index contributed by atoms with van der Waals surface area (Å²) in [6, 6.07) is 13.2. The summed E-state index contributed by atoms with van der Waals surface area (Å²) in [7, 11) is 3.12. The van der Waals surface area contributed by atoms with Gasteiger partial charge in [-0.05, 0) is 55.2 Å². The molecular weight excluding hydrogens is 328 g/mol. The highest BCUT2D eigenvalue weighted by molar-refractivity contribution is 6.06. The number of amides is 1. The van der Waals surface area contributed by atoms with Gasteiger partial charge < -0.3 is 19.7 Å². The van der Waals surface area contributed by atoms with Gasteiger partial charge in [-0.1, -0.05) is 6.92 Å². The molecule has 1 aliphatic heterocycles. The lowest BCUT2D eigenvalue weighted by Gasteiger charge is -2.32. The highest BCUT2D eigenvalue weighted by atomic mass is 16.5. The number of nitrogens with zero attached hydrogens (tertiary/aromatic N) is 1. The third-order valence-corrected chi connectivity index (χ3v) is 4.93. The number of piperidine rings is 1. The van der Waals surface area contributed by atoms with E-state index in [0.717, 1.165) is 24.7 Å². The molecule has 1 heterocycles. The van der Waals surface area contributed by atoms with E-state index in [1.807, 2.05) is 12.1 Å². The Balaban J connectivity index is 1.68. The molecule has 5 heteroatoms. The molecule has 1 aliphatic rings. The molecule has 2 aromatic rings. The number of methoxy groups -OCH3 is 2. The van der Waals surface area contributed by atoms with Crippen molar-refractivity contribution in [2.75, 3.05) is 37.5 Å². The van der Waals surface area contributed by atoms with Gasteiger partial charge in [0.05, 0.1) is 19.8 Å². The van der Waals surface area contributed by atoms with Crippen LogP contribution in [0.4, 0.5) is 11.4 Å². The summed E-state index contributed by atoms with van der Waals surface area (Å²) in [5.41, 5.74) is 2.45. The lowest BCUT2D eigenvalue weighted by atomic mass is 9.99. The van der Waals surface area contributed by atoms with Gasteiger partial charge in [0.15, 0.2) is 0 Å². The van der Waals surface area contributed by atoms with Crippen molar-refractivity contribution >= 4 is 17.3 Å². The second kappa shape index (κ2) is 8.13. The van der Waals surface area contributed by atoms with Crippen LogP contribution in [-0.2, 0) is 0 Å². The molecular formula is C21H26N2O3. The van der Waals surface area contributed by atoms with Crippen LogP contribution < -0.4 is 19.7 Å². The molecule has 0 atom stereocenters. The molecule has 2 aromatic carbocycles. The molecule has 0 bridgehead atoms. The third-order valence-electron chi connectivity index (χ3n) is 4.93. The predicted octanol–water partition coefficient (Wildman–Crippen LogP) is 4.19. The Labute approximate surface area is 154 Å². The van der Waals surface area contributed by atoms with Crippen LogP contribution in [0.3, 0.4) is 0 Å².